The second-order valence-corrected chi connectivity index (χ2v) is 23.5. The Morgan fingerprint density at radius 2 is 1.26 bits per heavy atom. The van der Waals surface area contributed by atoms with E-state index in [1.165, 1.54) is 6.92 Å². The van der Waals surface area contributed by atoms with Gasteiger partial charge in [0.2, 0.25) is 0 Å². The molecule has 1 aromatic heterocycles. The van der Waals surface area contributed by atoms with Crippen LogP contribution in [0, 0.1) is 6.92 Å². The number of aryl methyl sites for hydroxylation is 1. The van der Waals surface area contributed by atoms with Crippen molar-refractivity contribution in [3.63, 3.8) is 0 Å². The number of anilines is 1. The molecule has 0 amide bonds. The number of ether oxygens (including phenoxy) is 2. The summed E-state index contributed by atoms with van der Waals surface area (Å²) in [5.41, 5.74) is 1.67. The van der Waals surface area contributed by atoms with Gasteiger partial charge in [-0.2, -0.15) is 0 Å². The number of aromatic nitrogens is 1. The normalized spacial score (nSPS) is 11.9. The van der Waals surface area contributed by atoms with Crippen LogP contribution in [0.25, 0.3) is 0 Å². The maximum atomic E-state index is 14.0. The van der Waals surface area contributed by atoms with Gasteiger partial charge in [-0.3, -0.25) is 0 Å². The number of rotatable bonds is 8. The van der Waals surface area contributed by atoms with Gasteiger partial charge >= 0.3 is 204 Å². The molecule has 0 aliphatic heterocycles. The van der Waals surface area contributed by atoms with Crippen molar-refractivity contribution in [2.45, 2.75) is 41.0 Å². The van der Waals surface area contributed by atoms with Crippen molar-refractivity contribution >= 4 is 27.9 Å². The van der Waals surface area contributed by atoms with Crippen LogP contribution < -0.4 is 18.1 Å². The molecule has 182 valence electrons. The van der Waals surface area contributed by atoms with Crippen LogP contribution in [0.4, 0.5) is 19.0 Å². The molecule has 0 N–H and O–H groups in total. The molecule has 0 aliphatic carbocycles. The number of halogens is 3. The van der Waals surface area contributed by atoms with Crippen molar-refractivity contribution in [1.82, 2.24) is 4.98 Å². The molecule has 0 aliphatic rings. The molecule has 0 atom stereocenters. The molecule has 3 aromatic rings. The van der Waals surface area contributed by atoms with E-state index in [-0.39, 0.29) is 9.27 Å². The molecule has 0 bridgehead atoms. The topological polar surface area (TPSA) is 34.6 Å². The number of benzene rings is 2. The molecule has 8 heteroatoms. The van der Waals surface area contributed by atoms with E-state index in [2.05, 4.69) is 4.98 Å². The van der Waals surface area contributed by atoms with Crippen LogP contribution in [-0.4, -0.2) is 37.6 Å². The van der Waals surface area contributed by atoms with Gasteiger partial charge in [0.05, 0.1) is 0 Å². The van der Waals surface area contributed by atoms with Gasteiger partial charge in [0.25, 0.3) is 0 Å². The molecule has 0 unspecified atom stereocenters. The summed E-state index contributed by atoms with van der Waals surface area (Å²) in [6.07, 6.45) is -4.42. The SMILES string of the molecule is COc1ccc(CN(Cc2ccc(OC)cc2)c2cc(C)c(C(F)(F)F)[c]([Sn]([CH3])([CH3])[CH3])n2)cc1. The number of methoxy groups -OCH3 is 2. The molecule has 0 fully saturated rings. The minimum absolute atomic E-state index is 0.216. The van der Waals surface area contributed by atoms with Gasteiger partial charge in [-0.05, 0) is 0 Å². The van der Waals surface area contributed by atoms with E-state index in [9.17, 15) is 13.2 Å². The third-order valence-electron chi connectivity index (χ3n) is 5.59. The Kier molecular flexibility index (Phi) is 8.06. The first kappa shape index (κ1) is 26.2. The summed E-state index contributed by atoms with van der Waals surface area (Å²) in [4.78, 5) is 12.6. The van der Waals surface area contributed by atoms with Crippen LogP contribution in [0.2, 0.25) is 14.8 Å². The van der Waals surface area contributed by atoms with Crippen molar-refractivity contribution in [1.29, 1.82) is 0 Å². The fourth-order valence-corrected chi connectivity index (χ4v) is 8.23. The van der Waals surface area contributed by atoms with E-state index >= 15 is 0 Å². The number of alkyl halides is 3. The number of hydrogen-bond acceptors (Lipinski definition) is 4. The number of nitrogens with zero attached hydrogens (tertiary/aromatic N) is 2. The standard InChI is InChI=1S/C23H22F3N2O2.3CH3.Sn/c1-16-12-22(27-13-21(16)23(24,25)26)28(14-17-4-8-19(29-2)9-5-17)15-18-6-10-20(30-3)11-7-18;;;;/h4-12H,14-15H2,1-3H3;3*1H3;. The summed E-state index contributed by atoms with van der Waals surface area (Å²) in [5, 5.41) is 0. The molecule has 0 saturated heterocycles. The summed E-state index contributed by atoms with van der Waals surface area (Å²) in [5.74, 6) is 2.05. The first-order valence-corrected chi connectivity index (χ1v) is 21.0. The van der Waals surface area contributed by atoms with Gasteiger partial charge in [-0.1, -0.05) is 0 Å². The summed E-state index contributed by atoms with van der Waals surface area (Å²) in [7, 11) is 3.22. The van der Waals surface area contributed by atoms with E-state index in [1.807, 2.05) is 68.2 Å². The monoisotopic (exact) mass is 580 g/mol. The molecule has 3 rings (SSSR count). The Hall–Kier alpha value is -2.42. The second kappa shape index (κ2) is 10.5. The van der Waals surface area contributed by atoms with Gasteiger partial charge < -0.3 is 0 Å². The summed E-state index contributed by atoms with van der Waals surface area (Å²) in [6.45, 7) is 2.52. The molecule has 0 spiro atoms. The van der Waals surface area contributed by atoms with Gasteiger partial charge in [0.1, 0.15) is 0 Å². The van der Waals surface area contributed by atoms with E-state index in [0.29, 0.717) is 18.9 Å². The average Bonchev–Trinajstić information content (AvgIpc) is 2.77. The number of hydrogen-bond donors (Lipinski definition) is 0. The fourth-order valence-electron chi connectivity index (χ4n) is 3.84. The van der Waals surface area contributed by atoms with Crippen LogP contribution >= 0.6 is 0 Å². The quantitative estimate of drug-likeness (QED) is 0.299. The van der Waals surface area contributed by atoms with Crippen molar-refractivity contribution in [3.05, 3.63) is 76.9 Å². The Morgan fingerprint density at radius 3 is 1.62 bits per heavy atom. The predicted molar refractivity (Wildman–Crippen MR) is 133 cm³/mol. The Labute approximate surface area is 203 Å². The van der Waals surface area contributed by atoms with Crippen molar-refractivity contribution in [2.75, 3.05) is 19.1 Å². The summed E-state index contributed by atoms with van der Waals surface area (Å²) < 4.78 is 52.7. The van der Waals surface area contributed by atoms with Gasteiger partial charge in [0.15, 0.2) is 0 Å². The van der Waals surface area contributed by atoms with Crippen molar-refractivity contribution in [3.8, 4) is 11.5 Å². The zero-order valence-corrected chi connectivity index (χ0v) is 23.3. The second-order valence-electron chi connectivity index (χ2n) is 9.32. The van der Waals surface area contributed by atoms with Crippen LogP contribution in [0.15, 0.2) is 54.6 Å². The Morgan fingerprint density at radius 1 is 0.824 bits per heavy atom. The Balaban J connectivity index is 2.08. The molecular formula is C26H31F3N2O2Sn. The number of pyridine rings is 1. The maximum absolute atomic E-state index is 14.0. The van der Waals surface area contributed by atoms with Crippen LogP contribution in [0.5, 0.6) is 11.5 Å². The van der Waals surface area contributed by atoms with Gasteiger partial charge in [-0.25, -0.2) is 0 Å². The van der Waals surface area contributed by atoms with Crippen LogP contribution in [0.3, 0.4) is 0 Å². The van der Waals surface area contributed by atoms with E-state index < -0.39 is 30.1 Å². The summed E-state index contributed by atoms with van der Waals surface area (Å²) in [6, 6.07) is 16.9. The molecular weight excluding hydrogens is 548 g/mol. The predicted octanol–water partition coefficient (Wildman–Crippen LogP) is 6.18. The zero-order valence-electron chi connectivity index (χ0n) is 20.5. The zero-order chi connectivity index (χ0) is 25.1. The summed E-state index contributed by atoms with van der Waals surface area (Å²) >= 11 is -3.22. The molecule has 1 heterocycles. The molecule has 0 saturated carbocycles. The molecule has 0 radical (unpaired) electrons. The first-order valence-electron chi connectivity index (χ1n) is 11.0. The third kappa shape index (κ3) is 6.37. The minimum atomic E-state index is -4.42. The van der Waals surface area contributed by atoms with Crippen LogP contribution in [-0.2, 0) is 19.3 Å². The van der Waals surface area contributed by atoms with E-state index in [4.69, 9.17) is 9.47 Å². The van der Waals surface area contributed by atoms with Gasteiger partial charge in [0, 0.05) is 0 Å². The van der Waals surface area contributed by atoms with Gasteiger partial charge in [-0.15, -0.1) is 0 Å². The van der Waals surface area contributed by atoms with Crippen molar-refractivity contribution < 1.29 is 22.6 Å². The van der Waals surface area contributed by atoms with Crippen LogP contribution in [0.1, 0.15) is 22.3 Å². The van der Waals surface area contributed by atoms with E-state index in [0.717, 1.165) is 22.6 Å². The molecule has 34 heavy (non-hydrogen) atoms. The third-order valence-corrected chi connectivity index (χ3v) is 10.7. The first-order chi connectivity index (χ1) is 15.9. The Bertz CT molecular complexity index is 1060. The fraction of sp³-hybridized carbons (Fsp3) is 0.346. The van der Waals surface area contributed by atoms with Crippen molar-refractivity contribution in [2.24, 2.45) is 0 Å². The molecule has 2 aromatic carbocycles. The van der Waals surface area contributed by atoms with E-state index in [1.54, 1.807) is 20.3 Å². The molecule has 4 nitrogen and oxygen atoms in total. The average molecular weight is 579 g/mol.